The number of morpholine rings is 1. The molecule has 2 aromatic heterocycles. The highest BCUT2D eigenvalue weighted by Crippen LogP contribution is 2.21. The Morgan fingerprint density at radius 3 is 2.68 bits per heavy atom. The quantitative estimate of drug-likeness (QED) is 0.863. The molecule has 1 aliphatic heterocycles. The molecule has 1 fully saturated rings. The topological polar surface area (TPSA) is 85.2 Å². The fraction of sp³-hybridized carbons (Fsp3) is 0.643. The van der Waals surface area contributed by atoms with E-state index < -0.39 is 5.69 Å². The number of aryl methyl sites for hydroxylation is 2. The molecule has 0 aliphatic carbocycles. The number of fused-ring (bicyclic) bond motifs is 1. The molecule has 0 spiro atoms. The van der Waals surface area contributed by atoms with Crippen LogP contribution in [-0.2, 0) is 18.3 Å². The normalized spacial score (nSPS) is 15.6. The van der Waals surface area contributed by atoms with Crippen LogP contribution in [0.15, 0.2) is 9.59 Å². The standard InChI is InChI=1S/C14H21N5O3/c1-3-4-5-19-10-11(17(2)14(21)16-12(10)20)15-13(19)18-6-8-22-9-7-18/h3-9H2,1-2H3,(H,16,20,21). The van der Waals surface area contributed by atoms with Crippen molar-refractivity contribution in [3.8, 4) is 0 Å². The number of hydrogen-bond donors (Lipinski definition) is 1. The number of rotatable bonds is 4. The summed E-state index contributed by atoms with van der Waals surface area (Å²) in [5.41, 5.74) is 0.0933. The van der Waals surface area contributed by atoms with Gasteiger partial charge in [-0.1, -0.05) is 13.3 Å². The molecule has 8 heteroatoms. The van der Waals surface area contributed by atoms with Gasteiger partial charge in [0.05, 0.1) is 13.2 Å². The molecule has 0 unspecified atom stereocenters. The Morgan fingerprint density at radius 2 is 2.00 bits per heavy atom. The van der Waals surface area contributed by atoms with E-state index in [0.717, 1.165) is 31.9 Å². The Bertz CT molecular complexity index is 782. The molecule has 0 radical (unpaired) electrons. The van der Waals surface area contributed by atoms with Crippen molar-refractivity contribution < 1.29 is 4.74 Å². The van der Waals surface area contributed by atoms with Gasteiger partial charge in [0.1, 0.15) is 0 Å². The average molecular weight is 307 g/mol. The maximum absolute atomic E-state index is 12.3. The molecule has 1 saturated heterocycles. The Kier molecular flexibility index (Phi) is 4.02. The second kappa shape index (κ2) is 5.96. The van der Waals surface area contributed by atoms with E-state index in [1.54, 1.807) is 7.05 Å². The zero-order valence-electron chi connectivity index (χ0n) is 13.0. The van der Waals surface area contributed by atoms with Crippen molar-refractivity contribution in [2.24, 2.45) is 7.05 Å². The van der Waals surface area contributed by atoms with Crippen LogP contribution < -0.4 is 16.1 Å². The molecule has 1 N–H and O–H groups in total. The van der Waals surface area contributed by atoms with Gasteiger partial charge < -0.3 is 14.2 Å². The number of hydrogen-bond acceptors (Lipinski definition) is 5. The van der Waals surface area contributed by atoms with E-state index in [4.69, 9.17) is 4.74 Å². The monoisotopic (exact) mass is 307 g/mol. The minimum absolute atomic E-state index is 0.374. The lowest BCUT2D eigenvalue weighted by atomic mass is 10.3. The van der Waals surface area contributed by atoms with Crippen LogP contribution in [0, 0.1) is 0 Å². The Hall–Kier alpha value is -2.09. The van der Waals surface area contributed by atoms with Gasteiger partial charge in [-0.15, -0.1) is 0 Å². The number of H-pyrrole nitrogens is 1. The molecule has 0 atom stereocenters. The number of anilines is 1. The first kappa shape index (κ1) is 14.8. The number of ether oxygens (including phenoxy) is 1. The summed E-state index contributed by atoms with van der Waals surface area (Å²) in [7, 11) is 1.63. The molecule has 8 nitrogen and oxygen atoms in total. The second-order valence-electron chi connectivity index (χ2n) is 5.51. The van der Waals surface area contributed by atoms with E-state index in [2.05, 4.69) is 21.8 Å². The van der Waals surface area contributed by atoms with Crippen molar-refractivity contribution in [1.29, 1.82) is 0 Å². The molecule has 1 aliphatic rings. The smallest absolute Gasteiger partial charge is 0.329 e. The van der Waals surface area contributed by atoms with Crippen molar-refractivity contribution >= 4 is 17.1 Å². The van der Waals surface area contributed by atoms with Gasteiger partial charge >= 0.3 is 5.69 Å². The van der Waals surface area contributed by atoms with Crippen molar-refractivity contribution in [2.75, 3.05) is 31.2 Å². The molecular weight excluding hydrogens is 286 g/mol. The summed E-state index contributed by atoms with van der Waals surface area (Å²) in [6, 6.07) is 0. The fourth-order valence-corrected chi connectivity index (χ4v) is 2.76. The third-order valence-corrected chi connectivity index (χ3v) is 4.02. The lowest BCUT2D eigenvalue weighted by molar-refractivity contribution is 0.121. The van der Waals surface area contributed by atoms with Crippen LogP contribution in [0.2, 0.25) is 0 Å². The number of unbranched alkanes of at least 4 members (excludes halogenated alkanes) is 1. The maximum Gasteiger partial charge on any atom is 0.329 e. The fourth-order valence-electron chi connectivity index (χ4n) is 2.76. The second-order valence-corrected chi connectivity index (χ2v) is 5.51. The number of imidazole rings is 1. The summed E-state index contributed by atoms with van der Waals surface area (Å²) in [5.74, 6) is 0.749. The van der Waals surface area contributed by atoms with Crippen molar-refractivity contribution in [1.82, 2.24) is 19.1 Å². The minimum Gasteiger partial charge on any atom is -0.378 e. The van der Waals surface area contributed by atoms with Gasteiger partial charge in [0, 0.05) is 26.7 Å². The van der Waals surface area contributed by atoms with Gasteiger partial charge in [0.15, 0.2) is 11.2 Å². The number of nitrogens with zero attached hydrogens (tertiary/aromatic N) is 4. The summed E-state index contributed by atoms with van der Waals surface area (Å²) in [4.78, 5) is 33.1. The molecule has 0 saturated carbocycles. The largest absolute Gasteiger partial charge is 0.378 e. The van der Waals surface area contributed by atoms with Crippen LogP contribution in [0.25, 0.3) is 11.2 Å². The first-order valence-corrected chi connectivity index (χ1v) is 7.65. The van der Waals surface area contributed by atoms with E-state index >= 15 is 0 Å². The van der Waals surface area contributed by atoms with E-state index in [9.17, 15) is 9.59 Å². The highest BCUT2D eigenvalue weighted by Gasteiger charge is 2.22. The molecule has 120 valence electrons. The molecule has 0 amide bonds. The lowest BCUT2D eigenvalue weighted by Gasteiger charge is -2.28. The van der Waals surface area contributed by atoms with Crippen LogP contribution >= 0.6 is 0 Å². The van der Waals surface area contributed by atoms with E-state index in [-0.39, 0.29) is 5.56 Å². The highest BCUT2D eigenvalue weighted by molar-refractivity contribution is 5.74. The molecule has 22 heavy (non-hydrogen) atoms. The third kappa shape index (κ3) is 2.43. The first-order chi connectivity index (χ1) is 10.6. The Balaban J connectivity index is 2.21. The first-order valence-electron chi connectivity index (χ1n) is 7.65. The molecule has 0 aromatic carbocycles. The van der Waals surface area contributed by atoms with Gasteiger partial charge in [-0.25, -0.2) is 4.79 Å². The zero-order chi connectivity index (χ0) is 15.7. The summed E-state index contributed by atoms with van der Waals surface area (Å²) >= 11 is 0. The van der Waals surface area contributed by atoms with Crippen molar-refractivity contribution in [3.05, 3.63) is 20.8 Å². The zero-order valence-corrected chi connectivity index (χ0v) is 13.0. The van der Waals surface area contributed by atoms with Crippen molar-refractivity contribution in [2.45, 2.75) is 26.3 Å². The van der Waals surface area contributed by atoms with Gasteiger partial charge in [-0.3, -0.25) is 14.3 Å². The Morgan fingerprint density at radius 1 is 1.27 bits per heavy atom. The summed E-state index contributed by atoms with van der Waals surface area (Å²) in [6.45, 7) is 5.58. The van der Waals surface area contributed by atoms with Crippen LogP contribution in [0.5, 0.6) is 0 Å². The van der Waals surface area contributed by atoms with E-state index in [1.807, 2.05) is 4.57 Å². The minimum atomic E-state index is -0.439. The van der Waals surface area contributed by atoms with Gasteiger partial charge in [-0.2, -0.15) is 4.98 Å². The number of nitrogens with one attached hydrogen (secondary N) is 1. The molecule has 3 heterocycles. The molecule has 2 aromatic rings. The number of aromatic amines is 1. The maximum atomic E-state index is 12.3. The van der Waals surface area contributed by atoms with E-state index in [1.165, 1.54) is 4.57 Å². The van der Waals surface area contributed by atoms with Crippen LogP contribution in [0.1, 0.15) is 19.8 Å². The summed E-state index contributed by atoms with van der Waals surface area (Å²) in [5, 5.41) is 0. The molecular formula is C14H21N5O3. The SMILES string of the molecule is CCCCn1c(N2CCOCC2)nc2c1c(=O)[nH]c(=O)n2C. The molecule has 0 bridgehead atoms. The summed E-state index contributed by atoms with van der Waals surface area (Å²) in [6.07, 6.45) is 1.97. The average Bonchev–Trinajstić information content (AvgIpc) is 2.91. The van der Waals surface area contributed by atoms with Crippen LogP contribution in [-0.4, -0.2) is 45.4 Å². The highest BCUT2D eigenvalue weighted by atomic mass is 16.5. The molecule has 3 rings (SSSR count). The predicted molar refractivity (Wildman–Crippen MR) is 83.5 cm³/mol. The summed E-state index contributed by atoms with van der Waals surface area (Å²) < 4.78 is 8.71. The van der Waals surface area contributed by atoms with Crippen LogP contribution in [0.4, 0.5) is 5.95 Å². The Labute approximate surface area is 127 Å². The van der Waals surface area contributed by atoms with Crippen molar-refractivity contribution in [3.63, 3.8) is 0 Å². The third-order valence-electron chi connectivity index (χ3n) is 4.02. The number of aromatic nitrogens is 4. The lowest BCUT2D eigenvalue weighted by Crippen LogP contribution is -2.38. The van der Waals surface area contributed by atoms with Gasteiger partial charge in [0.25, 0.3) is 5.56 Å². The predicted octanol–water partition coefficient (Wildman–Crippen LogP) is 0.0600. The van der Waals surface area contributed by atoms with E-state index in [0.29, 0.717) is 30.9 Å². The van der Waals surface area contributed by atoms with Crippen LogP contribution in [0.3, 0.4) is 0 Å². The van der Waals surface area contributed by atoms with Gasteiger partial charge in [0.2, 0.25) is 5.95 Å². The van der Waals surface area contributed by atoms with Gasteiger partial charge in [-0.05, 0) is 6.42 Å².